The molecule has 1 aromatic heterocycles. The van der Waals surface area contributed by atoms with Crippen LogP contribution in [0.1, 0.15) is 18.1 Å². The second kappa shape index (κ2) is 5.27. The minimum atomic E-state index is 0.531. The van der Waals surface area contributed by atoms with Crippen LogP contribution in [-0.2, 0) is 6.42 Å². The molecule has 1 heterocycles. The van der Waals surface area contributed by atoms with Crippen LogP contribution in [-0.4, -0.2) is 23.2 Å². The monoisotopic (exact) mass is 180 g/mol. The number of hydrogen-bond acceptors (Lipinski definition) is 5. The SMILES string of the molecule is Cc1noc(CCNCCC#N)n1. The van der Waals surface area contributed by atoms with Crippen molar-refractivity contribution in [3.63, 3.8) is 0 Å². The summed E-state index contributed by atoms with van der Waals surface area (Å²) in [5, 5.41) is 15.0. The molecule has 0 aliphatic heterocycles. The molecule has 0 spiro atoms. The summed E-state index contributed by atoms with van der Waals surface area (Å²) < 4.78 is 4.90. The van der Waals surface area contributed by atoms with Gasteiger partial charge in [0.2, 0.25) is 5.89 Å². The highest BCUT2D eigenvalue weighted by Crippen LogP contribution is 1.95. The van der Waals surface area contributed by atoms with Crippen molar-refractivity contribution in [2.75, 3.05) is 13.1 Å². The third kappa shape index (κ3) is 3.67. The number of aromatic nitrogens is 2. The summed E-state index contributed by atoms with van der Waals surface area (Å²) in [5.74, 6) is 1.30. The molecular weight excluding hydrogens is 168 g/mol. The standard InChI is InChI=1S/C8H12N4O/c1-7-11-8(13-12-7)3-6-10-5-2-4-9/h10H,2-3,5-6H2,1H3. The van der Waals surface area contributed by atoms with E-state index in [1.54, 1.807) is 6.92 Å². The van der Waals surface area contributed by atoms with Gasteiger partial charge in [-0.3, -0.25) is 0 Å². The van der Waals surface area contributed by atoms with Crippen molar-refractivity contribution >= 4 is 0 Å². The lowest BCUT2D eigenvalue weighted by atomic mass is 10.4. The number of nitriles is 1. The average molecular weight is 180 g/mol. The van der Waals surface area contributed by atoms with E-state index >= 15 is 0 Å². The largest absolute Gasteiger partial charge is 0.339 e. The van der Waals surface area contributed by atoms with Crippen molar-refractivity contribution in [2.45, 2.75) is 19.8 Å². The molecule has 13 heavy (non-hydrogen) atoms. The first-order valence-corrected chi connectivity index (χ1v) is 4.20. The van der Waals surface area contributed by atoms with Crippen LogP contribution in [0.4, 0.5) is 0 Å². The maximum Gasteiger partial charge on any atom is 0.227 e. The lowest BCUT2D eigenvalue weighted by Gasteiger charge is -1.96. The zero-order valence-electron chi connectivity index (χ0n) is 7.58. The van der Waals surface area contributed by atoms with Crippen molar-refractivity contribution in [1.29, 1.82) is 5.26 Å². The second-order valence-corrected chi connectivity index (χ2v) is 2.64. The molecule has 0 fully saturated rings. The number of rotatable bonds is 5. The van der Waals surface area contributed by atoms with E-state index in [2.05, 4.69) is 21.5 Å². The molecule has 5 heteroatoms. The van der Waals surface area contributed by atoms with E-state index in [-0.39, 0.29) is 0 Å². The first kappa shape index (κ1) is 9.68. The molecule has 1 rings (SSSR count). The van der Waals surface area contributed by atoms with Gasteiger partial charge >= 0.3 is 0 Å². The molecule has 0 aromatic carbocycles. The molecule has 0 bridgehead atoms. The van der Waals surface area contributed by atoms with Crippen LogP contribution in [0.3, 0.4) is 0 Å². The fraction of sp³-hybridized carbons (Fsp3) is 0.625. The van der Waals surface area contributed by atoms with Gasteiger partial charge in [0.1, 0.15) is 0 Å². The van der Waals surface area contributed by atoms with Gasteiger partial charge in [0.25, 0.3) is 0 Å². The molecule has 0 atom stereocenters. The first-order chi connectivity index (χ1) is 6.33. The maximum atomic E-state index is 8.26. The van der Waals surface area contributed by atoms with Gasteiger partial charge in [-0.15, -0.1) is 0 Å². The Morgan fingerprint density at radius 3 is 3.00 bits per heavy atom. The Morgan fingerprint density at radius 2 is 2.38 bits per heavy atom. The fourth-order valence-electron chi connectivity index (χ4n) is 0.906. The molecular formula is C8H12N4O. The first-order valence-electron chi connectivity index (χ1n) is 4.20. The summed E-state index contributed by atoms with van der Waals surface area (Å²) in [6.07, 6.45) is 1.25. The molecule has 0 aliphatic carbocycles. The van der Waals surface area contributed by atoms with Gasteiger partial charge in [0.05, 0.1) is 6.07 Å². The molecule has 70 valence electrons. The molecule has 0 unspecified atom stereocenters. The van der Waals surface area contributed by atoms with Gasteiger partial charge in [0.15, 0.2) is 5.82 Å². The van der Waals surface area contributed by atoms with Gasteiger partial charge in [-0.25, -0.2) is 0 Å². The van der Waals surface area contributed by atoms with Gasteiger partial charge in [0, 0.05) is 25.9 Å². The Hall–Kier alpha value is -1.41. The molecule has 0 amide bonds. The minimum absolute atomic E-state index is 0.531. The van der Waals surface area contributed by atoms with Crippen LogP contribution in [0.15, 0.2) is 4.52 Å². The van der Waals surface area contributed by atoms with E-state index in [4.69, 9.17) is 9.78 Å². The summed E-state index contributed by atoms with van der Waals surface area (Å²) in [4.78, 5) is 4.05. The van der Waals surface area contributed by atoms with Crippen LogP contribution in [0.25, 0.3) is 0 Å². The van der Waals surface area contributed by atoms with E-state index in [1.807, 2.05) is 0 Å². The van der Waals surface area contributed by atoms with E-state index < -0.39 is 0 Å². The summed E-state index contributed by atoms with van der Waals surface area (Å²) in [5.41, 5.74) is 0. The highest BCUT2D eigenvalue weighted by atomic mass is 16.5. The summed E-state index contributed by atoms with van der Waals surface area (Å²) in [6, 6.07) is 2.06. The highest BCUT2D eigenvalue weighted by molar-refractivity contribution is 4.83. The Balaban J connectivity index is 2.10. The second-order valence-electron chi connectivity index (χ2n) is 2.64. The third-order valence-corrected chi connectivity index (χ3v) is 1.50. The lowest BCUT2D eigenvalue weighted by Crippen LogP contribution is -2.18. The zero-order chi connectivity index (χ0) is 9.52. The number of nitrogens with one attached hydrogen (secondary N) is 1. The Labute approximate surface area is 76.7 Å². The predicted molar refractivity (Wildman–Crippen MR) is 45.8 cm³/mol. The highest BCUT2D eigenvalue weighted by Gasteiger charge is 2.00. The maximum absolute atomic E-state index is 8.26. The molecule has 0 radical (unpaired) electrons. The average Bonchev–Trinajstić information content (AvgIpc) is 2.51. The van der Waals surface area contributed by atoms with E-state index in [0.717, 1.165) is 6.54 Å². The summed E-state index contributed by atoms with van der Waals surface area (Å²) in [6.45, 7) is 3.27. The normalized spacial score (nSPS) is 9.85. The van der Waals surface area contributed by atoms with Gasteiger partial charge in [-0.05, 0) is 6.92 Å². The van der Waals surface area contributed by atoms with Crippen molar-refractivity contribution < 1.29 is 4.52 Å². The van der Waals surface area contributed by atoms with E-state index in [0.29, 0.717) is 31.1 Å². The number of aryl methyl sites for hydroxylation is 1. The molecule has 0 aliphatic rings. The molecule has 0 saturated heterocycles. The summed E-state index contributed by atoms with van der Waals surface area (Å²) >= 11 is 0. The Bertz CT molecular complexity index is 289. The van der Waals surface area contributed by atoms with Crippen LogP contribution in [0.5, 0.6) is 0 Å². The van der Waals surface area contributed by atoms with Crippen LogP contribution in [0.2, 0.25) is 0 Å². The molecule has 0 saturated carbocycles. The quantitative estimate of drug-likeness (QED) is 0.665. The van der Waals surface area contributed by atoms with Crippen LogP contribution >= 0.6 is 0 Å². The van der Waals surface area contributed by atoms with E-state index in [1.165, 1.54) is 0 Å². The van der Waals surface area contributed by atoms with Gasteiger partial charge < -0.3 is 9.84 Å². The smallest absolute Gasteiger partial charge is 0.227 e. The lowest BCUT2D eigenvalue weighted by molar-refractivity contribution is 0.372. The van der Waals surface area contributed by atoms with Gasteiger partial charge in [-0.1, -0.05) is 5.16 Å². The Morgan fingerprint density at radius 1 is 1.54 bits per heavy atom. The molecule has 1 aromatic rings. The topological polar surface area (TPSA) is 74.7 Å². The fourth-order valence-corrected chi connectivity index (χ4v) is 0.906. The van der Waals surface area contributed by atoms with Crippen molar-refractivity contribution in [1.82, 2.24) is 15.5 Å². The zero-order valence-corrected chi connectivity index (χ0v) is 7.58. The van der Waals surface area contributed by atoms with E-state index in [9.17, 15) is 0 Å². The van der Waals surface area contributed by atoms with Gasteiger partial charge in [-0.2, -0.15) is 10.2 Å². The molecule has 1 N–H and O–H groups in total. The molecule has 5 nitrogen and oxygen atoms in total. The predicted octanol–water partition coefficient (Wildman–Crippen LogP) is 0.424. The number of nitrogens with zero attached hydrogens (tertiary/aromatic N) is 3. The van der Waals surface area contributed by atoms with Crippen molar-refractivity contribution in [3.8, 4) is 6.07 Å². The Kier molecular flexibility index (Phi) is 3.93. The van der Waals surface area contributed by atoms with Crippen molar-refractivity contribution in [3.05, 3.63) is 11.7 Å². The summed E-state index contributed by atoms with van der Waals surface area (Å²) in [7, 11) is 0. The third-order valence-electron chi connectivity index (χ3n) is 1.50. The number of hydrogen-bond donors (Lipinski definition) is 1. The minimum Gasteiger partial charge on any atom is -0.339 e. The van der Waals surface area contributed by atoms with Crippen molar-refractivity contribution in [2.24, 2.45) is 0 Å². The van der Waals surface area contributed by atoms with Crippen LogP contribution in [0, 0.1) is 18.3 Å². The van der Waals surface area contributed by atoms with Crippen LogP contribution < -0.4 is 5.32 Å².